The maximum absolute atomic E-state index is 10.1. The van der Waals surface area contributed by atoms with E-state index in [0.717, 1.165) is 11.6 Å². The van der Waals surface area contributed by atoms with Crippen molar-refractivity contribution in [3.05, 3.63) is 103 Å². The van der Waals surface area contributed by atoms with Crippen molar-refractivity contribution >= 4 is 12.0 Å². The minimum Gasteiger partial charge on any atom is -0.478 e. The van der Waals surface area contributed by atoms with E-state index in [4.69, 9.17) is 5.11 Å². The fourth-order valence-electron chi connectivity index (χ4n) is 1.99. The zero-order chi connectivity index (χ0) is 16.3. The Morgan fingerprint density at radius 3 is 1.43 bits per heavy atom. The van der Waals surface area contributed by atoms with E-state index in [2.05, 4.69) is 48.5 Å². The van der Waals surface area contributed by atoms with Gasteiger partial charge >= 0.3 is 5.97 Å². The average Bonchev–Trinajstić information content (AvgIpc) is 2.63. The normalized spacial score (nSPS) is 9.91. The fraction of sp³-hybridized carbons (Fsp3) is 0. The van der Waals surface area contributed by atoms with Crippen LogP contribution in [0, 0.1) is 0 Å². The SMILES string of the molecule is O=C(O)C=Cc1ccccc1.c1ccc(-c2ccccc2)cc1. The Morgan fingerprint density at radius 2 is 1.04 bits per heavy atom. The molecule has 2 heteroatoms. The molecule has 0 unspecified atom stereocenters. The molecular weight excluding hydrogens is 284 g/mol. The van der Waals surface area contributed by atoms with Crippen LogP contribution in [0.25, 0.3) is 17.2 Å². The first-order chi connectivity index (χ1) is 11.3. The number of aliphatic carboxylic acids is 1. The second-order valence-corrected chi connectivity index (χ2v) is 4.81. The van der Waals surface area contributed by atoms with Crippen LogP contribution in [0.15, 0.2) is 97.1 Å². The van der Waals surface area contributed by atoms with Gasteiger partial charge in [0.15, 0.2) is 0 Å². The van der Waals surface area contributed by atoms with Crippen molar-refractivity contribution in [1.82, 2.24) is 0 Å². The van der Waals surface area contributed by atoms with Crippen molar-refractivity contribution in [3.8, 4) is 11.1 Å². The van der Waals surface area contributed by atoms with E-state index in [-0.39, 0.29) is 0 Å². The summed E-state index contributed by atoms with van der Waals surface area (Å²) in [5.74, 6) is -0.922. The molecule has 0 spiro atoms. The standard InChI is InChI=1S/C12H10.C9H8O2/c1-3-7-11(8-4-1)12-9-5-2-6-10-12;10-9(11)7-6-8-4-2-1-3-5-8/h1-10H;1-7H,(H,10,11). The lowest BCUT2D eigenvalue weighted by atomic mass is 10.1. The molecule has 3 rings (SSSR count). The van der Waals surface area contributed by atoms with Gasteiger partial charge in [0.2, 0.25) is 0 Å². The molecule has 0 aliphatic rings. The third-order valence-electron chi connectivity index (χ3n) is 3.10. The molecule has 0 fully saturated rings. The number of rotatable bonds is 3. The van der Waals surface area contributed by atoms with Gasteiger partial charge in [-0.25, -0.2) is 4.79 Å². The van der Waals surface area contributed by atoms with E-state index in [1.807, 2.05) is 42.5 Å². The van der Waals surface area contributed by atoms with Gasteiger partial charge in [0.25, 0.3) is 0 Å². The number of hydrogen-bond acceptors (Lipinski definition) is 1. The Kier molecular flexibility index (Phi) is 6.36. The van der Waals surface area contributed by atoms with Gasteiger partial charge in [0.1, 0.15) is 0 Å². The second kappa shape index (κ2) is 9.00. The predicted octanol–water partition coefficient (Wildman–Crippen LogP) is 5.14. The van der Waals surface area contributed by atoms with Gasteiger partial charge in [0, 0.05) is 6.08 Å². The number of hydrogen-bond donors (Lipinski definition) is 1. The molecule has 23 heavy (non-hydrogen) atoms. The van der Waals surface area contributed by atoms with Crippen molar-refractivity contribution in [1.29, 1.82) is 0 Å². The highest BCUT2D eigenvalue weighted by Gasteiger charge is 1.91. The molecule has 114 valence electrons. The summed E-state index contributed by atoms with van der Waals surface area (Å²) in [5.41, 5.74) is 3.45. The highest BCUT2D eigenvalue weighted by Crippen LogP contribution is 2.17. The third kappa shape index (κ3) is 6.02. The molecule has 3 aromatic carbocycles. The zero-order valence-corrected chi connectivity index (χ0v) is 12.7. The van der Waals surface area contributed by atoms with E-state index in [9.17, 15) is 4.79 Å². The number of carboxylic acid groups (broad SMARTS) is 1. The first-order valence-corrected chi connectivity index (χ1v) is 7.32. The quantitative estimate of drug-likeness (QED) is 0.680. The molecule has 0 radical (unpaired) electrons. The minimum atomic E-state index is -0.922. The van der Waals surface area contributed by atoms with Crippen molar-refractivity contribution in [3.63, 3.8) is 0 Å². The molecule has 0 bridgehead atoms. The van der Waals surface area contributed by atoms with Crippen molar-refractivity contribution < 1.29 is 9.90 Å². The lowest BCUT2D eigenvalue weighted by Crippen LogP contribution is -1.85. The number of carbonyl (C=O) groups is 1. The van der Waals surface area contributed by atoms with Crippen molar-refractivity contribution in [2.75, 3.05) is 0 Å². The van der Waals surface area contributed by atoms with Crippen molar-refractivity contribution in [2.24, 2.45) is 0 Å². The molecule has 0 saturated carbocycles. The van der Waals surface area contributed by atoms with Crippen LogP contribution in [0.2, 0.25) is 0 Å². The molecule has 0 heterocycles. The van der Waals surface area contributed by atoms with E-state index in [1.54, 1.807) is 6.08 Å². The van der Waals surface area contributed by atoms with Crippen LogP contribution in [-0.2, 0) is 4.79 Å². The monoisotopic (exact) mass is 302 g/mol. The summed E-state index contributed by atoms with van der Waals surface area (Å²) in [5, 5.41) is 8.29. The molecule has 3 aromatic rings. The highest BCUT2D eigenvalue weighted by atomic mass is 16.4. The molecule has 1 N–H and O–H groups in total. The maximum Gasteiger partial charge on any atom is 0.328 e. The van der Waals surface area contributed by atoms with Crippen LogP contribution in [-0.4, -0.2) is 11.1 Å². The van der Waals surface area contributed by atoms with Crippen LogP contribution >= 0.6 is 0 Å². The summed E-state index contributed by atoms with van der Waals surface area (Å²) < 4.78 is 0. The minimum absolute atomic E-state index is 0.898. The summed E-state index contributed by atoms with van der Waals surface area (Å²) in [6.07, 6.45) is 2.68. The van der Waals surface area contributed by atoms with Crippen LogP contribution in [0.1, 0.15) is 5.56 Å². The second-order valence-electron chi connectivity index (χ2n) is 4.81. The topological polar surface area (TPSA) is 37.3 Å². The van der Waals surface area contributed by atoms with Gasteiger partial charge in [-0.1, -0.05) is 91.0 Å². The van der Waals surface area contributed by atoms with Gasteiger partial charge in [-0.15, -0.1) is 0 Å². The summed E-state index contributed by atoms with van der Waals surface area (Å²) in [6, 6.07) is 30.1. The van der Waals surface area contributed by atoms with Crippen LogP contribution in [0.3, 0.4) is 0 Å². The summed E-state index contributed by atoms with van der Waals surface area (Å²) >= 11 is 0. The smallest absolute Gasteiger partial charge is 0.328 e. The Morgan fingerprint density at radius 1 is 0.652 bits per heavy atom. The lowest BCUT2D eigenvalue weighted by molar-refractivity contribution is -0.131. The van der Waals surface area contributed by atoms with Gasteiger partial charge in [-0.2, -0.15) is 0 Å². The summed E-state index contributed by atoms with van der Waals surface area (Å²) in [6.45, 7) is 0. The molecule has 0 amide bonds. The molecule has 0 aliphatic heterocycles. The van der Waals surface area contributed by atoms with Gasteiger partial charge < -0.3 is 5.11 Å². The Bertz CT molecular complexity index is 695. The van der Waals surface area contributed by atoms with E-state index < -0.39 is 5.97 Å². The number of benzene rings is 3. The Labute approximate surface area is 136 Å². The van der Waals surface area contributed by atoms with Crippen molar-refractivity contribution in [2.45, 2.75) is 0 Å². The van der Waals surface area contributed by atoms with Crippen LogP contribution in [0.4, 0.5) is 0 Å². The highest BCUT2D eigenvalue weighted by molar-refractivity contribution is 5.85. The summed E-state index contributed by atoms with van der Waals surface area (Å²) in [7, 11) is 0. The fourth-order valence-corrected chi connectivity index (χ4v) is 1.99. The Hall–Kier alpha value is -3.13. The van der Waals surface area contributed by atoms with Gasteiger partial charge in [0.05, 0.1) is 0 Å². The van der Waals surface area contributed by atoms with E-state index in [0.29, 0.717) is 0 Å². The lowest BCUT2D eigenvalue weighted by Gasteiger charge is -1.98. The molecule has 0 aromatic heterocycles. The van der Waals surface area contributed by atoms with Crippen LogP contribution < -0.4 is 0 Å². The first kappa shape index (κ1) is 16.2. The van der Waals surface area contributed by atoms with Crippen LogP contribution in [0.5, 0.6) is 0 Å². The summed E-state index contributed by atoms with van der Waals surface area (Å²) in [4.78, 5) is 10.1. The molecule has 0 aliphatic carbocycles. The van der Waals surface area contributed by atoms with E-state index >= 15 is 0 Å². The molecule has 0 atom stereocenters. The molecule has 0 saturated heterocycles. The average molecular weight is 302 g/mol. The maximum atomic E-state index is 10.1. The van der Waals surface area contributed by atoms with Gasteiger partial charge in [-0.3, -0.25) is 0 Å². The molecule has 2 nitrogen and oxygen atoms in total. The largest absolute Gasteiger partial charge is 0.478 e. The zero-order valence-electron chi connectivity index (χ0n) is 12.7. The number of carboxylic acids is 1. The van der Waals surface area contributed by atoms with Gasteiger partial charge in [-0.05, 0) is 22.8 Å². The predicted molar refractivity (Wildman–Crippen MR) is 95.0 cm³/mol. The Balaban J connectivity index is 0.000000168. The van der Waals surface area contributed by atoms with E-state index in [1.165, 1.54) is 11.1 Å². The third-order valence-corrected chi connectivity index (χ3v) is 3.10. The first-order valence-electron chi connectivity index (χ1n) is 7.32. The molecular formula is C21H18O2.